The van der Waals surface area contributed by atoms with Crippen molar-refractivity contribution in [3.8, 4) is 22.6 Å². The van der Waals surface area contributed by atoms with Crippen LogP contribution in [0.15, 0.2) is 216 Å². The number of carboxylic acids is 2. The highest BCUT2D eigenvalue weighted by Gasteiger charge is 2.45. The van der Waals surface area contributed by atoms with E-state index in [2.05, 4.69) is 0 Å². The Morgan fingerprint density at radius 2 is 0.850 bits per heavy atom. The van der Waals surface area contributed by atoms with Gasteiger partial charge in [-0.25, -0.2) is 19.2 Å². The number of para-hydroxylation sites is 5. The Morgan fingerprint density at radius 1 is 0.438 bits per heavy atom. The van der Waals surface area contributed by atoms with Gasteiger partial charge in [0.1, 0.15) is 12.1 Å². The van der Waals surface area contributed by atoms with Crippen LogP contribution in [-0.2, 0) is 19.2 Å². The molecule has 0 aromatic heterocycles. The van der Waals surface area contributed by atoms with Crippen LogP contribution in [0.25, 0.3) is 11.1 Å². The van der Waals surface area contributed by atoms with E-state index in [4.69, 9.17) is 4.74 Å². The van der Waals surface area contributed by atoms with Crippen LogP contribution in [0.2, 0.25) is 0 Å². The Morgan fingerprint density at radius 3 is 1.36 bits per heavy atom. The molecule has 80 heavy (non-hydrogen) atoms. The Kier molecular flexibility index (Phi) is 13.8. The average molecular weight is 1080 g/mol. The number of rotatable bonds is 9. The van der Waals surface area contributed by atoms with Crippen LogP contribution in [0.1, 0.15) is 34.1 Å². The zero-order chi connectivity index (χ0) is 55.0. The number of hydrogen-bond acceptors (Lipinski definition) is 8. The number of carbonyl (C=O) groups is 6. The molecule has 16 heteroatoms. The third kappa shape index (κ3) is 9.42. The van der Waals surface area contributed by atoms with Crippen LogP contribution in [-0.4, -0.2) is 117 Å². The highest BCUT2D eigenvalue weighted by Crippen LogP contribution is 2.52. The topological polar surface area (TPSA) is 172 Å². The summed E-state index contributed by atoms with van der Waals surface area (Å²) < 4.78 is 6.69. The average Bonchev–Trinajstić information content (AvgIpc) is 3.68. The number of anilines is 4. The number of benzene rings is 8. The predicted molar refractivity (Wildman–Crippen MR) is 303 cm³/mol. The smallest absolute Gasteiger partial charge is 0.329 e. The molecule has 2 N–H and O–H groups in total. The van der Waals surface area contributed by atoms with Gasteiger partial charge in [-0.05, 0) is 76.3 Å². The number of fused-ring (bicyclic) bond motifs is 4. The molecule has 398 valence electrons. The van der Waals surface area contributed by atoms with E-state index < -0.39 is 47.8 Å². The summed E-state index contributed by atoms with van der Waals surface area (Å²) in [5, 5.41) is 21.6. The van der Waals surface area contributed by atoms with Gasteiger partial charge in [-0.2, -0.15) is 0 Å². The fraction of sp³-hybridized carbons (Fsp3) is 0.156. The molecule has 3 atom stereocenters. The zero-order valence-corrected chi connectivity index (χ0v) is 43.8. The number of aliphatic carboxylic acids is 2. The lowest BCUT2D eigenvalue weighted by Crippen LogP contribution is -2.61. The van der Waals surface area contributed by atoms with Crippen molar-refractivity contribution in [3.05, 3.63) is 229 Å². The largest absolute Gasteiger partial charge is 0.480 e. The number of piperazine rings is 2. The first kappa shape index (κ1) is 51.1. The zero-order valence-electron chi connectivity index (χ0n) is 43.0. The molecule has 12 rings (SSSR count). The minimum absolute atomic E-state index is 0.0341. The van der Waals surface area contributed by atoms with Crippen molar-refractivity contribution < 1.29 is 43.7 Å². The van der Waals surface area contributed by atoms with Gasteiger partial charge < -0.3 is 34.5 Å². The minimum atomic E-state index is -1.37. The van der Waals surface area contributed by atoms with E-state index >= 15 is 9.59 Å². The van der Waals surface area contributed by atoms with Crippen molar-refractivity contribution in [2.24, 2.45) is 0 Å². The van der Waals surface area contributed by atoms with Crippen molar-refractivity contribution in [1.29, 1.82) is 0 Å². The van der Waals surface area contributed by atoms with Crippen LogP contribution >= 0.6 is 11.8 Å². The monoisotopic (exact) mass is 1080 g/mol. The van der Waals surface area contributed by atoms with E-state index in [0.29, 0.717) is 56.5 Å². The van der Waals surface area contributed by atoms with Crippen molar-refractivity contribution in [3.63, 3.8) is 0 Å². The molecule has 2 saturated heterocycles. The van der Waals surface area contributed by atoms with Gasteiger partial charge in [-0.3, -0.25) is 19.4 Å². The maximum absolute atomic E-state index is 15.3. The van der Waals surface area contributed by atoms with E-state index in [-0.39, 0.29) is 51.2 Å². The molecule has 0 spiro atoms. The number of nitrogens with zero attached hydrogens (tertiary/aromatic N) is 6. The summed E-state index contributed by atoms with van der Waals surface area (Å²) in [7, 11) is 0. The van der Waals surface area contributed by atoms with E-state index in [1.807, 2.05) is 170 Å². The standard InChI is InChI=1S/C64H52N6O9S/c71-59(56(41-18-4-1-5-19-41)42-20-6-2-7-21-42)67-36-34-65(39-51(67)61(73)74)63(77)69-47-27-10-13-31-53(47)79-58-46(26-17-30-50(58)69)44-24-16-25-45(38-44)57(43-22-8-3-9-23-43)60(72)68-37-35-66(40-52(68)62(75)76)64(78)70-48-28-11-14-32-54(48)80-55-33-15-12-29-49(55)70/h1-33,38,51-52,56-57H,34-37,39-40H2,(H,73,74)(H,75,76)/t51-,52-,57?/m0/s1. The Labute approximate surface area is 465 Å². The van der Waals surface area contributed by atoms with E-state index in [0.717, 1.165) is 20.9 Å². The van der Waals surface area contributed by atoms with Gasteiger partial charge in [0.15, 0.2) is 11.5 Å². The van der Waals surface area contributed by atoms with Crippen LogP contribution in [0.3, 0.4) is 0 Å². The number of ether oxygens (including phenoxy) is 1. The maximum Gasteiger partial charge on any atom is 0.329 e. The molecule has 0 aliphatic carbocycles. The minimum Gasteiger partial charge on any atom is -0.480 e. The lowest BCUT2D eigenvalue weighted by Gasteiger charge is -2.43. The number of urea groups is 2. The first-order valence-corrected chi connectivity index (χ1v) is 27.1. The molecular formula is C64H52N6O9S. The second kappa shape index (κ2) is 21.6. The molecule has 8 aromatic carbocycles. The lowest BCUT2D eigenvalue weighted by molar-refractivity contribution is -0.153. The summed E-state index contributed by atoms with van der Waals surface area (Å²) >= 11 is 1.56. The van der Waals surface area contributed by atoms with Crippen LogP contribution in [0, 0.1) is 0 Å². The van der Waals surface area contributed by atoms with E-state index in [1.165, 1.54) is 24.5 Å². The van der Waals surface area contributed by atoms with Crippen LogP contribution in [0.4, 0.5) is 32.3 Å². The Balaban J connectivity index is 0.837. The molecule has 0 radical (unpaired) electrons. The number of amides is 6. The second-order valence-electron chi connectivity index (χ2n) is 19.9. The van der Waals surface area contributed by atoms with Gasteiger partial charge in [0.05, 0.1) is 47.7 Å². The van der Waals surface area contributed by atoms with Crippen molar-refractivity contribution in [2.45, 2.75) is 33.7 Å². The summed E-state index contributed by atoms with van der Waals surface area (Å²) in [4.78, 5) is 96.9. The Hall–Kier alpha value is -9.67. The fourth-order valence-electron chi connectivity index (χ4n) is 11.4. The summed E-state index contributed by atoms with van der Waals surface area (Å²) in [5.41, 5.74) is 6.06. The van der Waals surface area contributed by atoms with Gasteiger partial charge in [0.25, 0.3) is 0 Å². The molecule has 0 saturated carbocycles. The molecule has 4 aliphatic heterocycles. The third-order valence-electron chi connectivity index (χ3n) is 15.2. The number of hydrogen-bond donors (Lipinski definition) is 2. The summed E-state index contributed by atoms with van der Waals surface area (Å²) in [6.45, 7) is -0.468. The molecule has 4 aliphatic rings. The van der Waals surface area contributed by atoms with Gasteiger partial charge in [0, 0.05) is 41.5 Å². The molecular weight excluding hydrogens is 1030 g/mol. The molecule has 4 heterocycles. The molecule has 1 unspecified atom stereocenters. The maximum atomic E-state index is 15.3. The molecule has 8 aromatic rings. The van der Waals surface area contributed by atoms with Crippen LogP contribution in [0.5, 0.6) is 11.5 Å². The van der Waals surface area contributed by atoms with E-state index in [9.17, 15) is 29.4 Å². The van der Waals surface area contributed by atoms with Gasteiger partial charge in [0.2, 0.25) is 11.8 Å². The molecule has 15 nitrogen and oxygen atoms in total. The van der Waals surface area contributed by atoms with Gasteiger partial charge in [-0.1, -0.05) is 169 Å². The normalized spacial score (nSPS) is 16.8. The number of carbonyl (C=O) groups excluding carboxylic acids is 4. The van der Waals surface area contributed by atoms with Gasteiger partial charge >= 0.3 is 24.0 Å². The van der Waals surface area contributed by atoms with E-state index in [1.54, 1.807) is 53.1 Å². The first-order valence-electron chi connectivity index (χ1n) is 26.3. The summed E-state index contributed by atoms with van der Waals surface area (Å²) in [6, 6.07) is 59.0. The Bertz CT molecular complexity index is 3630. The highest BCUT2D eigenvalue weighted by molar-refractivity contribution is 7.99. The number of carboxylic acid groups (broad SMARTS) is 2. The first-order chi connectivity index (χ1) is 39.0. The lowest BCUT2D eigenvalue weighted by atomic mass is 9.87. The summed E-state index contributed by atoms with van der Waals surface area (Å²) in [5.74, 6) is -4.35. The quantitative estimate of drug-likeness (QED) is 0.142. The molecule has 2 fully saturated rings. The van der Waals surface area contributed by atoms with Gasteiger partial charge in [-0.15, -0.1) is 0 Å². The molecule has 6 amide bonds. The van der Waals surface area contributed by atoms with Crippen LogP contribution < -0.4 is 14.5 Å². The predicted octanol–water partition coefficient (Wildman–Crippen LogP) is 11.3. The SMILES string of the molecule is O=C(O)[C@@H]1CN(C(=O)N2c3ccccc3Sc3ccccc32)CCN1C(=O)C(c1ccccc1)c1cccc(-c2cccc3c2Oc2ccccc2N3C(=O)N2CCN(C(=O)C(c3ccccc3)c3ccccc3)[C@H](C(=O)O)C2)c1. The summed E-state index contributed by atoms with van der Waals surface area (Å²) in [6.07, 6.45) is 0. The van der Waals surface area contributed by atoms with Crippen molar-refractivity contribution in [1.82, 2.24) is 19.6 Å². The highest BCUT2D eigenvalue weighted by atomic mass is 32.2. The van der Waals surface area contributed by atoms with Crippen molar-refractivity contribution in [2.75, 3.05) is 49.1 Å². The third-order valence-corrected chi connectivity index (χ3v) is 16.4. The van der Waals surface area contributed by atoms with Crippen molar-refractivity contribution >= 4 is 70.3 Å². The second-order valence-corrected chi connectivity index (χ2v) is 21.0. The molecule has 0 bridgehead atoms. The fourth-order valence-corrected chi connectivity index (χ4v) is 12.4.